The third kappa shape index (κ3) is 5.00. The Hall–Kier alpha value is -1.29. The van der Waals surface area contributed by atoms with E-state index in [0.717, 1.165) is 14.7 Å². The average molecular weight is 546 g/mol. The Kier molecular flexibility index (Phi) is 7.25. The maximum atomic E-state index is 12.2. The third-order valence-electron chi connectivity index (χ3n) is 3.91. The molecule has 0 spiro atoms. The van der Waals surface area contributed by atoms with Crippen molar-refractivity contribution in [1.82, 2.24) is 4.90 Å². The van der Waals surface area contributed by atoms with Crippen molar-refractivity contribution in [2.45, 2.75) is 13.5 Å². The van der Waals surface area contributed by atoms with E-state index in [-0.39, 0.29) is 5.91 Å². The molecule has 1 fully saturated rings. The summed E-state index contributed by atoms with van der Waals surface area (Å²) in [6, 6.07) is 11.4. The van der Waals surface area contributed by atoms with E-state index in [9.17, 15) is 4.79 Å². The molecule has 146 valence electrons. The lowest BCUT2D eigenvalue weighted by Gasteiger charge is -2.15. The first-order valence-electron chi connectivity index (χ1n) is 8.44. The first-order valence-corrected chi connectivity index (χ1v) is 11.1. The van der Waals surface area contributed by atoms with E-state index >= 15 is 0 Å². The number of nitrogens with zero attached hydrogens (tertiary/aromatic N) is 1. The molecule has 0 N–H and O–H groups in total. The molecule has 0 atom stereocenters. The van der Waals surface area contributed by atoms with E-state index in [0.29, 0.717) is 39.0 Å². The molecule has 0 saturated carbocycles. The number of carbonyl (C=O) groups excluding carboxylic acids is 1. The first-order chi connectivity index (χ1) is 13.4. The second-order valence-corrected chi connectivity index (χ2v) is 9.19. The van der Waals surface area contributed by atoms with E-state index in [1.807, 2.05) is 49.4 Å². The van der Waals surface area contributed by atoms with Gasteiger partial charge < -0.3 is 9.47 Å². The molecular formula is C20H17ClINO3S2. The van der Waals surface area contributed by atoms with Crippen LogP contribution in [-0.2, 0) is 11.4 Å². The van der Waals surface area contributed by atoms with Crippen molar-refractivity contribution in [1.29, 1.82) is 0 Å². The molecule has 0 unspecified atom stereocenters. The fourth-order valence-corrected chi connectivity index (χ4v) is 4.59. The highest BCUT2D eigenvalue weighted by molar-refractivity contribution is 14.1. The zero-order valence-electron chi connectivity index (χ0n) is 15.2. The number of ether oxygens (including phenoxy) is 2. The van der Waals surface area contributed by atoms with Gasteiger partial charge in [0.2, 0.25) is 0 Å². The van der Waals surface area contributed by atoms with Gasteiger partial charge in [-0.3, -0.25) is 9.69 Å². The van der Waals surface area contributed by atoms with Crippen LogP contribution in [-0.4, -0.2) is 28.8 Å². The summed E-state index contributed by atoms with van der Waals surface area (Å²) in [5.41, 5.74) is 1.87. The number of hydrogen-bond acceptors (Lipinski definition) is 5. The van der Waals surface area contributed by atoms with Gasteiger partial charge in [-0.05, 0) is 71.0 Å². The van der Waals surface area contributed by atoms with Crippen LogP contribution in [0.1, 0.15) is 18.1 Å². The largest absolute Gasteiger partial charge is 0.490 e. The SMILES string of the molecule is CCOc1cc(/C=C2\SC(=S)N(C)C2=O)cc(I)c1OCc1ccc(Cl)cc1. The predicted octanol–water partition coefficient (Wildman–Crippen LogP) is 5.75. The molecule has 0 aromatic heterocycles. The fraction of sp³-hybridized carbons (Fsp3) is 0.200. The minimum atomic E-state index is -0.0916. The number of thioether (sulfide) groups is 1. The molecule has 3 rings (SSSR count). The third-order valence-corrected chi connectivity index (χ3v) is 6.45. The van der Waals surface area contributed by atoms with Gasteiger partial charge in [0.1, 0.15) is 10.9 Å². The van der Waals surface area contributed by atoms with Gasteiger partial charge in [-0.15, -0.1) is 0 Å². The topological polar surface area (TPSA) is 38.8 Å². The van der Waals surface area contributed by atoms with E-state index in [1.165, 1.54) is 16.7 Å². The summed E-state index contributed by atoms with van der Waals surface area (Å²) < 4.78 is 13.3. The maximum Gasteiger partial charge on any atom is 0.265 e. The van der Waals surface area contributed by atoms with Crippen molar-refractivity contribution in [3.05, 3.63) is 61.0 Å². The summed E-state index contributed by atoms with van der Waals surface area (Å²) in [5, 5.41) is 0.690. The molecule has 0 bridgehead atoms. The number of likely N-dealkylation sites (N-methyl/N-ethyl adjacent to an activating group) is 1. The summed E-state index contributed by atoms with van der Waals surface area (Å²) >= 11 is 14.6. The molecule has 1 aliphatic heterocycles. The number of hydrogen-bond donors (Lipinski definition) is 0. The molecule has 1 saturated heterocycles. The van der Waals surface area contributed by atoms with E-state index in [4.69, 9.17) is 33.3 Å². The van der Waals surface area contributed by atoms with Crippen LogP contribution >= 0.6 is 58.2 Å². The molecule has 1 heterocycles. The molecule has 2 aromatic rings. The molecule has 2 aromatic carbocycles. The van der Waals surface area contributed by atoms with Crippen LogP contribution < -0.4 is 9.47 Å². The first kappa shape index (κ1) is 21.4. The normalized spacial score (nSPS) is 15.4. The lowest BCUT2D eigenvalue weighted by Crippen LogP contribution is -2.22. The monoisotopic (exact) mass is 545 g/mol. The van der Waals surface area contributed by atoms with Gasteiger partial charge in [0.05, 0.1) is 15.1 Å². The van der Waals surface area contributed by atoms with Gasteiger partial charge in [-0.25, -0.2) is 0 Å². The molecule has 0 aliphatic carbocycles. The minimum Gasteiger partial charge on any atom is -0.490 e. The standard InChI is InChI=1S/C20H17ClINO3S2/c1-3-25-16-9-13(10-17-19(24)23(2)20(27)28-17)8-15(22)18(16)26-11-12-4-6-14(21)7-5-12/h4-10H,3,11H2,1-2H3/b17-10-. The highest BCUT2D eigenvalue weighted by Crippen LogP contribution is 2.37. The molecule has 0 radical (unpaired) electrons. The Morgan fingerprint density at radius 2 is 1.96 bits per heavy atom. The van der Waals surface area contributed by atoms with Crippen LogP contribution in [0.4, 0.5) is 0 Å². The summed E-state index contributed by atoms with van der Waals surface area (Å²) in [6.45, 7) is 2.83. The van der Waals surface area contributed by atoms with Crippen molar-refractivity contribution >= 4 is 74.5 Å². The molecule has 28 heavy (non-hydrogen) atoms. The molecule has 8 heteroatoms. The van der Waals surface area contributed by atoms with Gasteiger partial charge in [0.15, 0.2) is 11.5 Å². The maximum absolute atomic E-state index is 12.2. The van der Waals surface area contributed by atoms with Gasteiger partial charge in [-0.1, -0.05) is 47.7 Å². The van der Waals surface area contributed by atoms with Crippen molar-refractivity contribution in [3.8, 4) is 11.5 Å². The second kappa shape index (κ2) is 9.47. The van der Waals surface area contributed by atoms with Crippen molar-refractivity contribution in [3.63, 3.8) is 0 Å². The van der Waals surface area contributed by atoms with Gasteiger partial charge in [0.25, 0.3) is 5.91 Å². The number of halogens is 2. The molecule has 4 nitrogen and oxygen atoms in total. The average Bonchev–Trinajstić information content (AvgIpc) is 2.89. The predicted molar refractivity (Wildman–Crippen MR) is 127 cm³/mol. The molecule has 1 aliphatic rings. The second-order valence-electron chi connectivity index (χ2n) is 5.92. The lowest BCUT2D eigenvalue weighted by atomic mass is 10.1. The number of benzene rings is 2. The van der Waals surface area contributed by atoms with Gasteiger partial charge in [0, 0.05) is 12.1 Å². The van der Waals surface area contributed by atoms with Gasteiger partial charge >= 0.3 is 0 Å². The van der Waals surface area contributed by atoms with Crippen molar-refractivity contribution in [2.75, 3.05) is 13.7 Å². The van der Waals surface area contributed by atoms with Crippen LogP contribution in [0.25, 0.3) is 6.08 Å². The Morgan fingerprint density at radius 3 is 2.57 bits per heavy atom. The zero-order valence-corrected chi connectivity index (χ0v) is 19.7. The van der Waals surface area contributed by atoms with Gasteiger partial charge in [-0.2, -0.15) is 0 Å². The van der Waals surface area contributed by atoms with E-state index in [2.05, 4.69) is 22.6 Å². The fourth-order valence-electron chi connectivity index (χ4n) is 2.51. The lowest BCUT2D eigenvalue weighted by molar-refractivity contribution is -0.121. The van der Waals surface area contributed by atoms with Crippen molar-refractivity contribution < 1.29 is 14.3 Å². The summed E-state index contributed by atoms with van der Waals surface area (Å²) in [7, 11) is 1.68. The smallest absolute Gasteiger partial charge is 0.265 e. The van der Waals surface area contributed by atoms with Crippen LogP contribution in [0.3, 0.4) is 0 Å². The Labute approximate surface area is 192 Å². The number of carbonyl (C=O) groups is 1. The quantitative estimate of drug-likeness (QED) is 0.262. The van der Waals surface area contributed by atoms with Crippen LogP contribution in [0, 0.1) is 3.57 Å². The Balaban J connectivity index is 1.86. The van der Waals surface area contributed by atoms with Crippen LogP contribution in [0.5, 0.6) is 11.5 Å². The summed E-state index contributed by atoms with van der Waals surface area (Å²) in [4.78, 5) is 14.3. The zero-order chi connectivity index (χ0) is 20.3. The summed E-state index contributed by atoms with van der Waals surface area (Å²) in [5.74, 6) is 1.23. The number of thiocarbonyl (C=S) groups is 1. The van der Waals surface area contributed by atoms with Crippen LogP contribution in [0.15, 0.2) is 41.3 Å². The van der Waals surface area contributed by atoms with Crippen molar-refractivity contribution in [2.24, 2.45) is 0 Å². The Morgan fingerprint density at radius 1 is 1.25 bits per heavy atom. The number of amides is 1. The minimum absolute atomic E-state index is 0.0916. The number of rotatable bonds is 6. The highest BCUT2D eigenvalue weighted by Gasteiger charge is 2.28. The molecule has 1 amide bonds. The molecular weight excluding hydrogens is 529 g/mol. The van der Waals surface area contributed by atoms with Crippen LogP contribution in [0.2, 0.25) is 5.02 Å². The van der Waals surface area contributed by atoms with E-state index in [1.54, 1.807) is 7.05 Å². The highest BCUT2D eigenvalue weighted by atomic mass is 127. The Bertz CT molecular complexity index is 947. The van der Waals surface area contributed by atoms with E-state index < -0.39 is 0 Å². The summed E-state index contributed by atoms with van der Waals surface area (Å²) in [6.07, 6.45) is 1.83.